The Morgan fingerprint density at radius 3 is 2.73 bits per heavy atom. The van der Waals surface area contributed by atoms with Crippen LogP contribution in [0.25, 0.3) is 0 Å². The van der Waals surface area contributed by atoms with Crippen LogP contribution in [0, 0.1) is 5.82 Å². The van der Waals surface area contributed by atoms with Crippen LogP contribution in [0.3, 0.4) is 0 Å². The molecule has 0 N–H and O–H groups in total. The van der Waals surface area contributed by atoms with Gasteiger partial charge in [0.1, 0.15) is 5.56 Å². The largest absolute Gasteiger partial charge is 0.493 e. The number of hydrogen-bond acceptors (Lipinski definition) is 3. The SMILES string of the molecule is CCOC(=O)c1ccc(Cl)c(F)c1OC. The Morgan fingerprint density at radius 2 is 2.20 bits per heavy atom. The van der Waals surface area contributed by atoms with Crippen molar-refractivity contribution >= 4 is 17.6 Å². The van der Waals surface area contributed by atoms with E-state index in [-0.39, 0.29) is 22.9 Å². The second-order valence-electron chi connectivity index (χ2n) is 2.66. The molecule has 0 amide bonds. The van der Waals surface area contributed by atoms with Gasteiger partial charge in [0.2, 0.25) is 0 Å². The average molecular weight is 233 g/mol. The molecule has 82 valence electrons. The van der Waals surface area contributed by atoms with Gasteiger partial charge in [-0.15, -0.1) is 0 Å². The molecule has 0 fully saturated rings. The molecule has 1 aromatic rings. The summed E-state index contributed by atoms with van der Waals surface area (Å²) in [7, 11) is 1.26. The van der Waals surface area contributed by atoms with Gasteiger partial charge >= 0.3 is 5.97 Å². The summed E-state index contributed by atoms with van der Waals surface area (Å²) in [5.41, 5.74) is 0.0289. The van der Waals surface area contributed by atoms with Crippen molar-refractivity contribution in [2.45, 2.75) is 6.92 Å². The number of methoxy groups -OCH3 is 1. The molecule has 0 aliphatic heterocycles. The summed E-state index contributed by atoms with van der Waals surface area (Å²) in [5.74, 6) is -1.59. The van der Waals surface area contributed by atoms with Gasteiger partial charge in [-0.1, -0.05) is 11.6 Å². The zero-order valence-corrected chi connectivity index (χ0v) is 9.10. The number of ether oxygens (including phenoxy) is 2. The minimum absolute atomic E-state index is 0.0289. The van der Waals surface area contributed by atoms with Crippen LogP contribution >= 0.6 is 11.6 Å². The normalized spacial score (nSPS) is 9.87. The highest BCUT2D eigenvalue weighted by Gasteiger charge is 2.19. The van der Waals surface area contributed by atoms with Gasteiger partial charge in [-0.2, -0.15) is 0 Å². The van der Waals surface area contributed by atoms with Gasteiger partial charge in [0.25, 0.3) is 0 Å². The van der Waals surface area contributed by atoms with E-state index in [1.54, 1.807) is 6.92 Å². The van der Waals surface area contributed by atoms with Crippen molar-refractivity contribution in [3.63, 3.8) is 0 Å². The van der Waals surface area contributed by atoms with Crippen LogP contribution in [0.15, 0.2) is 12.1 Å². The molecule has 0 heterocycles. The summed E-state index contributed by atoms with van der Waals surface area (Å²) in [5, 5.41) is -0.0973. The van der Waals surface area contributed by atoms with Gasteiger partial charge in [0, 0.05) is 0 Å². The van der Waals surface area contributed by atoms with Crippen molar-refractivity contribution in [2.24, 2.45) is 0 Å². The van der Waals surface area contributed by atoms with Crippen molar-refractivity contribution in [3.05, 3.63) is 28.5 Å². The molecule has 0 atom stereocenters. The average Bonchev–Trinajstić information content (AvgIpc) is 2.22. The Hall–Kier alpha value is -1.29. The van der Waals surface area contributed by atoms with E-state index < -0.39 is 11.8 Å². The Bertz CT molecular complexity index is 379. The molecule has 0 unspecified atom stereocenters. The Labute approximate surface area is 91.7 Å². The Morgan fingerprint density at radius 1 is 1.53 bits per heavy atom. The molecule has 5 heteroatoms. The van der Waals surface area contributed by atoms with E-state index in [4.69, 9.17) is 21.1 Å². The molecule has 0 radical (unpaired) electrons. The Kier molecular flexibility index (Phi) is 3.91. The molecular formula is C10H10ClFO3. The molecule has 0 aliphatic carbocycles. The summed E-state index contributed by atoms with van der Waals surface area (Å²) < 4.78 is 22.9. The van der Waals surface area contributed by atoms with E-state index in [9.17, 15) is 9.18 Å². The third-order valence-corrected chi connectivity index (χ3v) is 2.04. The lowest BCUT2D eigenvalue weighted by Crippen LogP contribution is -2.08. The number of rotatable bonds is 3. The third kappa shape index (κ3) is 2.39. The number of carbonyl (C=O) groups excluding carboxylic acids is 1. The molecular weight excluding hydrogens is 223 g/mol. The smallest absolute Gasteiger partial charge is 0.342 e. The second-order valence-corrected chi connectivity index (χ2v) is 3.07. The number of halogens is 2. The standard InChI is InChI=1S/C10H10ClFO3/c1-3-15-10(13)6-4-5-7(11)8(12)9(6)14-2/h4-5H,3H2,1-2H3. The van der Waals surface area contributed by atoms with Crippen molar-refractivity contribution in [1.29, 1.82) is 0 Å². The first kappa shape index (κ1) is 11.8. The predicted molar refractivity (Wildman–Crippen MR) is 53.9 cm³/mol. The number of carbonyl (C=O) groups is 1. The number of esters is 1. The lowest BCUT2D eigenvalue weighted by atomic mass is 10.2. The van der Waals surface area contributed by atoms with Gasteiger partial charge in [-0.3, -0.25) is 0 Å². The number of benzene rings is 1. The quantitative estimate of drug-likeness (QED) is 0.752. The molecule has 3 nitrogen and oxygen atoms in total. The molecule has 1 rings (SSSR count). The van der Waals surface area contributed by atoms with Gasteiger partial charge in [0.05, 0.1) is 18.7 Å². The van der Waals surface area contributed by atoms with E-state index in [0.717, 1.165) is 0 Å². The van der Waals surface area contributed by atoms with E-state index >= 15 is 0 Å². The van der Waals surface area contributed by atoms with Gasteiger partial charge in [-0.05, 0) is 19.1 Å². The molecule has 1 aromatic carbocycles. The molecule has 15 heavy (non-hydrogen) atoms. The molecule has 0 aliphatic rings. The lowest BCUT2D eigenvalue weighted by molar-refractivity contribution is 0.0521. The highest BCUT2D eigenvalue weighted by molar-refractivity contribution is 6.31. The molecule has 0 aromatic heterocycles. The monoisotopic (exact) mass is 232 g/mol. The van der Waals surface area contributed by atoms with Crippen LogP contribution in [0.5, 0.6) is 5.75 Å². The van der Waals surface area contributed by atoms with Crippen LogP contribution in [-0.2, 0) is 4.74 Å². The highest BCUT2D eigenvalue weighted by Crippen LogP contribution is 2.28. The minimum Gasteiger partial charge on any atom is -0.493 e. The first-order valence-corrected chi connectivity index (χ1v) is 4.68. The Balaban J connectivity index is 3.18. The molecule has 0 saturated carbocycles. The zero-order valence-electron chi connectivity index (χ0n) is 8.34. The van der Waals surface area contributed by atoms with E-state index in [1.165, 1.54) is 19.2 Å². The van der Waals surface area contributed by atoms with E-state index in [2.05, 4.69) is 0 Å². The van der Waals surface area contributed by atoms with E-state index in [0.29, 0.717) is 0 Å². The predicted octanol–water partition coefficient (Wildman–Crippen LogP) is 2.66. The zero-order chi connectivity index (χ0) is 11.4. The van der Waals surface area contributed by atoms with Crippen LogP contribution in [0.2, 0.25) is 5.02 Å². The van der Waals surface area contributed by atoms with Crippen molar-refractivity contribution < 1.29 is 18.7 Å². The van der Waals surface area contributed by atoms with Gasteiger partial charge in [-0.25, -0.2) is 9.18 Å². The lowest BCUT2D eigenvalue weighted by Gasteiger charge is -2.09. The van der Waals surface area contributed by atoms with Gasteiger partial charge < -0.3 is 9.47 Å². The maximum Gasteiger partial charge on any atom is 0.342 e. The molecule has 0 bridgehead atoms. The van der Waals surface area contributed by atoms with Gasteiger partial charge in [0.15, 0.2) is 11.6 Å². The maximum atomic E-state index is 13.4. The molecule has 0 spiro atoms. The fraction of sp³-hybridized carbons (Fsp3) is 0.300. The number of hydrogen-bond donors (Lipinski definition) is 0. The maximum absolute atomic E-state index is 13.4. The second kappa shape index (κ2) is 4.98. The summed E-state index contributed by atoms with van der Waals surface area (Å²) in [6, 6.07) is 2.65. The summed E-state index contributed by atoms with van der Waals surface area (Å²) in [4.78, 5) is 11.4. The topological polar surface area (TPSA) is 35.5 Å². The minimum atomic E-state index is -0.760. The summed E-state index contributed by atoms with van der Waals surface area (Å²) in [6.45, 7) is 1.88. The molecule has 0 saturated heterocycles. The van der Waals surface area contributed by atoms with Crippen LogP contribution < -0.4 is 4.74 Å². The first-order valence-electron chi connectivity index (χ1n) is 4.31. The van der Waals surface area contributed by atoms with Crippen LogP contribution in [0.4, 0.5) is 4.39 Å². The highest BCUT2D eigenvalue weighted by atomic mass is 35.5. The fourth-order valence-electron chi connectivity index (χ4n) is 1.10. The summed E-state index contributed by atoms with van der Waals surface area (Å²) in [6.07, 6.45) is 0. The van der Waals surface area contributed by atoms with Crippen molar-refractivity contribution in [3.8, 4) is 5.75 Å². The first-order chi connectivity index (χ1) is 7.11. The fourth-order valence-corrected chi connectivity index (χ4v) is 1.25. The summed E-state index contributed by atoms with van der Waals surface area (Å²) >= 11 is 5.54. The third-order valence-electron chi connectivity index (χ3n) is 1.75. The van der Waals surface area contributed by atoms with Crippen LogP contribution in [0.1, 0.15) is 17.3 Å². The van der Waals surface area contributed by atoms with Crippen molar-refractivity contribution in [1.82, 2.24) is 0 Å². The van der Waals surface area contributed by atoms with Crippen LogP contribution in [-0.4, -0.2) is 19.7 Å². The van der Waals surface area contributed by atoms with Crippen molar-refractivity contribution in [2.75, 3.05) is 13.7 Å². The van der Waals surface area contributed by atoms with E-state index in [1.807, 2.05) is 0 Å².